The molecule has 1 aromatic rings. The van der Waals surface area contributed by atoms with Crippen LogP contribution in [0, 0.1) is 11.8 Å². The second-order valence-electron chi connectivity index (χ2n) is 9.71. The molecule has 0 amide bonds. The van der Waals surface area contributed by atoms with Crippen molar-refractivity contribution in [2.75, 3.05) is 31.6 Å². The van der Waals surface area contributed by atoms with Crippen molar-refractivity contribution in [2.45, 2.75) is 58.5 Å². The van der Waals surface area contributed by atoms with Crippen molar-refractivity contribution < 1.29 is 0 Å². The molecule has 4 aliphatic rings. The molecule has 3 heteroatoms. The normalized spacial score (nSPS) is 21.5. The molecule has 3 fully saturated rings. The Morgan fingerprint density at radius 2 is 1.80 bits per heavy atom. The highest BCUT2D eigenvalue weighted by molar-refractivity contribution is 7.99. The lowest BCUT2D eigenvalue weighted by atomic mass is 9.94. The third-order valence-corrected chi connectivity index (χ3v) is 7.92. The Labute approximate surface area is 219 Å². The van der Waals surface area contributed by atoms with Crippen molar-refractivity contribution in [3.63, 3.8) is 0 Å². The summed E-state index contributed by atoms with van der Waals surface area (Å²) in [5.74, 6) is 4.35. The molecule has 1 aliphatic heterocycles. The summed E-state index contributed by atoms with van der Waals surface area (Å²) in [6.45, 7) is 15.6. The highest BCUT2D eigenvalue weighted by Crippen LogP contribution is 2.49. The van der Waals surface area contributed by atoms with Crippen molar-refractivity contribution in [1.29, 1.82) is 0 Å². The topological polar surface area (TPSA) is 15.3 Å². The Balaban J connectivity index is 0.000000186. The molecule has 2 nitrogen and oxygen atoms in total. The van der Waals surface area contributed by atoms with Crippen LogP contribution in [0.25, 0.3) is 6.08 Å². The number of likely N-dealkylation sites (N-methyl/N-ethyl adjacent to an activating group) is 1. The molecule has 0 bridgehead atoms. The molecule has 0 aromatic heterocycles. The summed E-state index contributed by atoms with van der Waals surface area (Å²) in [6, 6.07) is 9.15. The third kappa shape index (κ3) is 9.29. The molecule has 1 unspecified atom stereocenters. The van der Waals surface area contributed by atoms with Gasteiger partial charge in [-0.3, -0.25) is 4.90 Å². The number of allylic oxidation sites excluding steroid dienone is 5. The van der Waals surface area contributed by atoms with Crippen molar-refractivity contribution in [3.05, 3.63) is 89.6 Å². The van der Waals surface area contributed by atoms with E-state index >= 15 is 0 Å². The van der Waals surface area contributed by atoms with Crippen LogP contribution < -0.4 is 5.32 Å². The predicted octanol–water partition coefficient (Wildman–Crippen LogP) is 7.67. The molecule has 1 atom stereocenters. The first-order chi connectivity index (χ1) is 17.2. The Hall–Kier alpha value is -1.81. The fraction of sp³-hybridized carbons (Fsp3) is 0.500. The van der Waals surface area contributed by atoms with Crippen LogP contribution in [0.4, 0.5) is 0 Å². The van der Waals surface area contributed by atoms with Gasteiger partial charge >= 0.3 is 0 Å². The summed E-state index contributed by atoms with van der Waals surface area (Å²) >= 11 is 2.06. The maximum Gasteiger partial charge on any atom is 0.0285 e. The number of hydrogen-bond acceptors (Lipinski definition) is 3. The maximum atomic E-state index is 4.27. The van der Waals surface area contributed by atoms with Gasteiger partial charge in [-0.05, 0) is 73.3 Å². The average molecular weight is 491 g/mol. The molecule has 1 heterocycles. The van der Waals surface area contributed by atoms with Gasteiger partial charge in [0.2, 0.25) is 0 Å². The number of thioether (sulfide) groups is 1. The molecule has 1 saturated heterocycles. The standard InChI is InChI=1S/C17H23N.C13H17NS.C2H6/c1-12(13-7-9-16(18-2)10-8-13)11-17(14-3-4-14)15-5-6-15;1-2-12-4-3-5-13(10-12)11-14-6-8-15-9-7-14;1-2/h7-9,11,14-16,18H,1,3-6,10H2,2H3;2-5,10H,1,6-9,11H2;1-2H3. The zero-order chi connectivity index (χ0) is 25.0. The van der Waals surface area contributed by atoms with E-state index in [2.05, 4.69) is 83.7 Å². The van der Waals surface area contributed by atoms with Crippen molar-refractivity contribution in [3.8, 4) is 0 Å². The van der Waals surface area contributed by atoms with Crippen LogP contribution >= 0.6 is 11.8 Å². The van der Waals surface area contributed by atoms with Gasteiger partial charge in [-0.2, -0.15) is 11.8 Å². The molecule has 3 aliphatic carbocycles. The van der Waals surface area contributed by atoms with Crippen LogP contribution in [0.5, 0.6) is 0 Å². The van der Waals surface area contributed by atoms with Gasteiger partial charge in [0.05, 0.1) is 0 Å². The minimum atomic E-state index is 0.497. The number of nitrogens with zero attached hydrogens (tertiary/aromatic N) is 1. The van der Waals surface area contributed by atoms with E-state index in [4.69, 9.17) is 0 Å². The van der Waals surface area contributed by atoms with E-state index in [0.29, 0.717) is 6.04 Å². The molecular formula is C32H46N2S. The van der Waals surface area contributed by atoms with Crippen LogP contribution in [-0.4, -0.2) is 42.6 Å². The quantitative estimate of drug-likeness (QED) is 0.376. The van der Waals surface area contributed by atoms with E-state index in [1.807, 2.05) is 27.0 Å². The van der Waals surface area contributed by atoms with E-state index in [1.165, 1.54) is 72.6 Å². The molecule has 35 heavy (non-hydrogen) atoms. The molecule has 190 valence electrons. The first-order valence-corrected chi connectivity index (χ1v) is 14.8. The molecule has 1 aromatic carbocycles. The van der Waals surface area contributed by atoms with Crippen molar-refractivity contribution >= 4 is 17.8 Å². The SMILES string of the molecule is C=C(C=C(C1CC1)C1CC1)C1=CCC(NC)C=C1.C=Cc1cccc(CN2CCSCC2)c1.CC. The molecular weight excluding hydrogens is 444 g/mol. The molecule has 2 saturated carbocycles. The Morgan fingerprint density at radius 1 is 1.11 bits per heavy atom. The van der Waals surface area contributed by atoms with E-state index in [-0.39, 0.29) is 0 Å². The molecule has 5 rings (SSSR count). The summed E-state index contributed by atoms with van der Waals surface area (Å²) in [5.41, 5.74) is 6.86. The monoisotopic (exact) mass is 490 g/mol. The number of nitrogens with one attached hydrogen (secondary N) is 1. The van der Waals surface area contributed by atoms with Crippen LogP contribution in [0.15, 0.2) is 78.4 Å². The smallest absolute Gasteiger partial charge is 0.0285 e. The lowest BCUT2D eigenvalue weighted by Gasteiger charge is -2.26. The van der Waals surface area contributed by atoms with E-state index in [0.717, 1.165) is 24.8 Å². The fourth-order valence-corrected chi connectivity index (χ4v) is 5.57. The van der Waals surface area contributed by atoms with Gasteiger partial charge in [0, 0.05) is 37.2 Å². The molecule has 1 N–H and O–H groups in total. The third-order valence-electron chi connectivity index (χ3n) is 6.98. The first kappa shape index (κ1) is 27.8. The van der Waals surface area contributed by atoms with Gasteiger partial charge in [-0.1, -0.05) is 87.2 Å². The van der Waals surface area contributed by atoms with Crippen LogP contribution in [0.1, 0.15) is 57.1 Å². The largest absolute Gasteiger partial charge is 0.313 e. The van der Waals surface area contributed by atoms with Gasteiger partial charge in [0.1, 0.15) is 0 Å². The van der Waals surface area contributed by atoms with Gasteiger partial charge in [0.25, 0.3) is 0 Å². The fourth-order valence-electron chi connectivity index (χ4n) is 4.60. The lowest BCUT2D eigenvalue weighted by Crippen LogP contribution is -2.31. The minimum absolute atomic E-state index is 0.497. The van der Waals surface area contributed by atoms with Crippen LogP contribution in [0.2, 0.25) is 0 Å². The van der Waals surface area contributed by atoms with E-state index < -0.39 is 0 Å². The lowest BCUT2D eigenvalue weighted by molar-refractivity contribution is 0.294. The second kappa shape index (κ2) is 14.7. The maximum absolute atomic E-state index is 4.27. The zero-order valence-electron chi connectivity index (χ0n) is 22.3. The van der Waals surface area contributed by atoms with Gasteiger partial charge in [0.15, 0.2) is 0 Å². The average Bonchev–Trinajstić information content (AvgIpc) is 3.84. The summed E-state index contributed by atoms with van der Waals surface area (Å²) in [6.07, 6.45) is 17.8. The summed E-state index contributed by atoms with van der Waals surface area (Å²) in [5, 5.41) is 3.28. The van der Waals surface area contributed by atoms with Crippen LogP contribution in [-0.2, 0) is 6.54 Å². The van der Waals surface area contributed by atoms with E-state index in [9.17, 15) is 0 Å². The zero-order valence-corrected chi connectivity index (χ0v) is 23.1. The predicted molar refractivity (Wildman–Crippen MR) is 158 cm³/mol. The minimum Gasteiger partial charge on any atom is -0.313 e. The molecule has 0 spiro atoms. The van der Waals surface area contributed by atoms with Crippen molar-refractivity contribution in [2.24, 2.45) is 11.8 Å². The Morgan fingerprint density at radius 3 is 2.34 bits per heavy atom. The Bertz CT molecular complexity index is 897. The number of hydrogen-bond donors (Lipinski definition) is 1. The second-order valence-corrected chi connectivity index (χ2v) is 10.9. The summed E-state index contributed by atoms with van der Waals surface area (Å²) in [4.78, 5) is 2.53. The van der Waals surface area contributed by atoms with Gasteiger partial charge < -0.3 is 5.32 Å². The molecule has 0 radical (unpaired) electrons. The number of benzene rings is 1. The van der Waals surface area contributed by atoms with Gasteiger partial charge in [-0.25, -0.2) is 0 Å². The Kier molecular flexibility index (Phi) is 11.6. The highest BCUT2D eigenvalue weighted by atomic mass is 32.2. The first-order valence-electron chi connectivity index (χ1n) is 13.6. The highest BCUT2D eigenvalue weighted by Gasteiger charge is 2.36. The summed E-state index contributed by atoms with van der Waals surface area (Å²) < 4.78 is 0. The van der Waals surface area contributed by atoms with E-state index in [1.54, 1.807) is 5.57 Å². The van der Waals surface area contributed by atoms with Gasteiger partial charge in [-0.15, -0.1) is 0 Å². The number of rotatable bonds is 8. The summed E-state index contributed by atoms with van der Waals surface area (Å²) in [7, 11) is 2.01. The van der Waals surface area contributed by atoms with Crippen LogP contribution in [0.3, 0.4) is 0 Å². The van der Waals surface area contributed by atoms with Crippen molar-refractivity contribution in [1.82, 2.24) is 10.2 Å².